The maximum absolute atomic E-state index is 5.53. The molecule has 0 amide bonds. The van der Waals surface area contributed by atoms with Crippen molar-refractivity contribution in [3.05, 3.63) is 130 Å². The van der Waals surface area contributed by atoms with E-state index in [0.717, 1.165) is 31.1 Å². The maximum Gasteiger partial charge on any atom is 0.0891 e. The average molecular weight is 769 g/mol. The quantitative estimate of drug-likeness (QED) is 0.118. The lowest BCUT2D eigenvalue weighted by Crippen LogP contribution is -2.22. The number of pyridine rings is 2. The van der Waals surface area contributed by atoms with Crippen LogP contribution in [0.3, 0.4) is 0 Å². The molecule has 2 aromatic carbocycles. The number of nitrogens with zero attached hydrogens (tertiary/aromatic N) is 2. The van der Waals surface area contributed by atoms with Crippen molar-refractivity contribution in [2.24, 2.45) is 0 Å². The summed E-state index contributed by atoms with van der Waals surface area (Å²) in [4.78, 5) is 8.76. The van der Waals surface area contributed by atoms with Crippen molar-refractivity contribution in [1.29, 1.82) is 0 Å². The minimum atomic E-state index is 0.265. The molecule has 2 aromatic heterocycles. The first-order valence-corrected chi connectivity index (χ1v) is 21.1. The molecule has 312 valence electrons. The number of benzene rings is 2. The number of rotatable bonds is 16. The third-order valence-corrected chi connectivity index (χ3v) is 8.88. The predicted molar refractivity (Wildman–Crippen MR) is 242 cm³/mol. The molecule has 0 aliphatic carbocycles. The van der Waals surface area contributed by atoms with Crippen LogP contribution in [0.15, 0.2) is 85.2 Å². The third kappa shape index (κ3) is 23.6. The van der Waals surface area contributed by atoms with E-state index in [2.05, 4.69) is 184 Å². The Morgan fingerprint density at radius 2 is 0.750 bits per heavy atom. The lowest BCUT2D eigenvalue weighted by Gasteiger charge is -2.09. The number of ether oxygens (including phenoxy) is 2. The van der Waals surface area contributed by atoms with Crippen molar-refractivity contribution in [3.63, 3.8) is 0 Å². The Hall–Kier alpha value is -3.42. The standard InChI is InChI=1S/C13H21N.C13H20O.C12H20N2.C12H19NO/c2*1-10(2)13-7-5-12(6-8-13)9-14-11(3)4;1-9(2)11-5-6-12(14-7-11)8-13-10(3)4;1-9(2)11-5-6-12(13-7-11)8-14-10(3)4/h5-8,10-11,14H,9H2,1-4H3;5-8,10-11H,9H2,1-4H3;5-7,9-10,13H,8H2,1-4H3;5-7,9-10H,8H2,1-4H3. The Labute approximate surface area is 344 Å². The Morgan fingerprint density at radius 1 is 0.393 bits per heavy atom. The van der Waals surface area contributed by atoms with E-state index in [-0.39, 0.29) is 6.10 Å². The van der Waals surface area contributed by atoms with Crippen LogP contribution in [0.4, 0.5) is 0 Å². The molecule has 0 radical (unpaired) electrons. The zero-order valence-corrected chi connectivity index (χ0v) is 38.2. The maximum atomic E-state index is 5.53. The van der Waals surface area contributed by atoms with Crippen LogP contribution < -0.4 is 10.6 Å². The molecule has 0 aliphatic heterocycles. The summed E-state index contributed by atoms with van der Waals surface area (Å²) >= 11 is 0. The molecule has 0 bridgehead atoms. The summed E-state index contributed by atoms with van der Waals surface area (Å²) in [5.74, 6) is 2.34. The second-order valence-corrected chi connectivity index (χ2v) is 17.1. The number of hydrogen-bond donors (Lipinski definition) is 2. The molecule has 0 saturated carbocycles. The molecule has 0 unspecified atom stereocenters. The minimum absolute atomic E-state index is 0.265. The molecule has 56 heavy (non-hydrogen) atoms. The van der Waals surface area contributed by atoms with E-state index in [1.54, 1.807) is 0 Å². The van der Waals surface area contributed by atoms with E-state index in [1.165, 1.54) is 33.4 Å². The van der Waals surface area contributed by atoms with Crippen molar-refractivity contribution in [3.8, 4) is 0 Å². The largest absolute Gasteiger partial charge is 0.374 e. The van der Waals surface area contributed by atoms with Gasteiger partial charge in [-0.3, -0.25) is 9.97 Å². The first-order valence-electron chi connectivity index (χ1n) is 21.1. The zero-order chi connectivity index (χ0) is 42.2. The molecule has 0 fully saturated rings. The number of aromatic nitrogens is 2. The van der Waals surface area contributed by atoms with Gasteiger partial charge in [0.25, 0.3) is 0 Å². The third-order valence-electron chi connectivity index (χ3n) is 8.88. The van der Waals surface area contributed by atoms with Crippen molar-refractivity contribution >= 4 is 0 Å². The Balaban J connectivity index is 0.000000373. The normalized spacial score (nSPS) is 11.3. The van der Waals surface area contributed by atoms with Gasteiger partial charge in [-0.2, -0.15) is 0 Å². The van der Waals surface area contributed by atoms with E-state index in [0.29, 0.717) is 48.5 Å². The fourth-order valence-corrected chi connectivity index (χ4v) is 4.91. The van der Waals surface area contributed by atoms with Gasteiger partial charge in [-0.15, -0.1) is 0 Å². The highest BCUT2D eigenvalue weighted by molar-refractivity contribution is 5.25. The highest BCUT2D eigenvalue weighted by Gasteiger charge is 2.04. The SMILES string of the molecule is CC(C)NCc1ccc(C(C)C)cc1.CC(C)NCc1ccc(C(C)C)cn1.CC(C)OCc1ccc(C(C)C)cc1.CC(C)OCc1ccc(C(C)C)cn1. The van der Waals surface area contributed by atoms with Crippen molar-refractivity contribution in [1.82, 2.24) is 20.6 Å². The van der Waals surface area contributed by atoms with Gasteiger partial charge in [-0.05, 0) is 96.9 Å². The second-order valence-electron chi connectivity index (χ2n) is 17.1. The Bertz CT molecular complexity index is 1290. The van der Waals surface area contributed by atoms with Gasteiger partial charge in [0.05, 0.1) is 36.8 Å². The van der Waals surface area contributed by atoms with Crippen LogP contribution in [0, 0.1) is 0 Å². The van der Waals surface area contributed by atoms with Gasteiger partial charge >= 0.3 is 0 Å². The highest BCUT2D eigenvalue weighted by atomic mass is 16.5. The van der Waals surface area contributed by atoms with Gasteiger partial charge in [-0.25, -0.2) is 0 Å². The van der Waals surface area contributed by atoms with Crippen molar-refractivity contribution < 1.29 is 9.47 Å². The highest BCUT2D eigenvalue weighted by Crippen LogP contribution is 2.17. The van der Waals surface area contributed by atoms with E-state index in [4.69, 9.17) is 9.47 Å². The lowest BCUT2D eigenvalue weighted by atomic mass is 10.0. The molecule has 2 heterocycles. The summed E-state index contributed by atoms with van der Waals surface area (Å²) in [5.41, 5.74) is 10.1. The number of hydrogen-bond acceptors (Lipinski definition) is 6. The molecule has 2 N–H and O–H groups in total. The fourth-order valence-electron chi connectivity index (χ4n) is 4.91. The van der Waals surface area contributed by atoms with Gasteiger partial charge in [-0.1, -0.05) is 144 Å². The van der Waals surface area contributed by atoms with Crippen LogP contribution in [0.25, 0.3) is 0 Å². The van der Waals surface area contributed by atoms with Gasteiger partial charge in [0, 0.05) is 37.6 Å². The predicted octanol–water partition coefficient (Wildman–Crippen LogP) is 12.9. The van der Waals surface area contributed by atoms with Gasteiger partial charge < -0.3 is 20.1 Å². The molecular formula is C50H80N4O2. The summed E-state index contributed by atoms with van der Waals surface area (Å²) in [6.45, 7) is 37.5. The lowest BCUT2D eigenvalue weighted by molar-refractivity contribution is 0.0636. The second kappa shape index (κ2) is 28.1. The Morgan fingerprint density at radius 3 is 1.11 bits per heavy atom. The monoisotopic (exact) mass is 769 g/mol. The van der Waals surface area contributed by atoms with Crippen molar-refractivity contribution in [2.75, 3.05) is 0 Å². The summed E-state index contributed by atoms with van der Waals surface area (Å²) in [6, 6.07) is 27.0. The summed E-state index contributed by atoms with van der Waals surface area (Å²) < 4.78 is 11.0. The molecule has 6 nitrogen and oxygen atoms in total. The van der Waals surface area contributed by atoms with Crippen LogP contribution in [-0.2, 0) is 35.8 Å². The summed E-state index contributed by atoms with van der Waals surface area (Å²) in [5, 5.41) is 6.76. The van der Waals surface area contributed by atoms with Gasteiger partial charge in [0.2, 0.25) is 0 Å². The smallest absolute Gasteiger partial charge is 0.0891 e. The molecule has 0 saturated heterocycles. The molecule has 0 atom stereocenters. The molecular weight excluding hydrogens is 689 g/mol. The van der Waals surface area contributed by atoms with Crippen LogP contribution in [-0.4, -0.2) is 34.3 Å². The van der Waals surface area contributed by atoms with E-state index in [1.807, 2.05) is 32.3 Å². The molecule has 4 aromatic rings. The first-order chi connectivity index (χ1) is 26.4. The summed E-state index contributed by atoms with van der Waals surface area (Å²) in [6.07, 6.45) is 4.48. The van der Waals surface area contributed by atoms with Crippen LogP contribution in [0.1, 0.15) is 179 Å². The van der Waals surface area contributed by atoms with E-state index in [9.17, 15) is 0 Å². The average Bonchev–Trinajstić information content (AvgIpc) is 3.16. The first kappa shape index (κ1) is 50.6. The van der Waals surface area contributed by atoms with Crippen LogP contribution >= 0.6 is 0 Å². The number of nitrogens with one attached hydrogen (secondary N) is 2. The van der Waals surface area contributed by atoms with Crippen LogP contribution in [0.5, 0.6) is 0 Å². The molecule has 0 aliphatic rings. The minimum Gasteiger partial charge on any atom is -0.374 e. The topological polar surface area (TPSA) is 68.3 Å². The molecule has 6 heteroatoms. The molecule has 0 spiro atoms. The van der Waals surface area contributed by atoms with E-state index >= 15 is 0 Å². The molecule has 4 rings (SSSR count). The fraction of sp³-hybridized carbons (Fsp3) is 0.560. The van der Waals surface area contributed by atoms with Gasteiger partial charge in [0.1, 0.15) is 0 Å². The van der Waals surface area contributed by atoms with Crippen LogP contribution in [0.2, 0.25) is 0 Å². The van der Waals surface area contributed by atoms with E-state index < -0.39 is 0 Å². The Kier molecular flexibility index (Phi) is 25.4. The van der Waals surface area contributed by atoms with Crippen molar-refractivity contribution in [2.45, 2.75) is 185 Å². The van der Waals surface area contributed by atoms with Gasteiger partial charge in [0.15, 0.2) is 0 Å². The summed E-state index contributed by atoms with van der Waals surface area (Å²) in [7, 11) is 0. The zero-order valence-electron chi connectivity index (χ0n) is 38.2.